The standard InChI is InChI=1S/C14H14BrN3O/c15-12-9-16-17(10-12)7-6-14(19)18-8-5-11-3-1-2-4-13(11)18/h1-4,9-10H,5-8H2. The number of hydrogen-bond acceptors (Lipinski definition) is 2. The Kier molecular flexibility index (Phi) is 3.38. The van der Waals surface area contributed by atoms with Crippen molar-refractivity contribution in [2.75, 3.05) is 11.4 Å². The number of para-hydroxylation sites is 1. The third-order valence-electron chi connectivity index (χ3n) is 3.34. The molecule has 1 aliphatic rings. The largest absolute Gasteiger partial charge is 0.312 e. The van der Waals surface area contributed by atoms with Crippen LogP contribution in [0.25, 0.3) is 0 Å². The highest BCUT2D eigenvalue weighted by molar-refractivity contribution is 9.10. The molecule has 0 fully saturated rings. The van der Waals surface area contributed by atoms with Crippen LogP contribution >= 0.6 is 15.9 Å². The molecule has 0 saturated carbocycles. The minimum atomic E-state index is 0.163. The molecule has 5 heteroatoms. The lowest BCUT2D eigenvalue weighted by atomic mass is 10.2. The van der Waals surface area contributed by atoms with Crippen molar-refractivity contribution in [3.8, 4) is 0 Å². The van der Waals surface area contributed by atoms with Crippen LogP contribution in [0.3, 0.4) is 0 Å². The summed E-state index contributed by atoms with van der Waals surface area (Å²) < 4.78 is 2.72. The van der Waals surface area contributed by atoms with Crippen LogP contribution in [0.2, 0.25) is 0 Å². The van der Waals surface area contributed by atoms with Crippen LogP contribution in [0, 0.1) is 0 Å². The van der Waals surface area contributed by atoms with Gasteiger partial charge in [0, 0.05) is 31.4 Å². The van der Waals surface area contributed by atoms with Crippen molar-refractivity contribution in [1.82, 2.24) is 9.78 Å². The maximum atomic E-state index is 12.3. The average Bonchev–Trinajstić information content (AvgIpc) is 3.02. The van der Waals surface area contributed by atoms with Crippen LogP contribution in [0.15, 0.2) is 41.1 Å². The van der Waals surface area contributed by atoms with Gasteiger partial charge < -0.3 is 4.90 Å². The summed E-state index contributed by atoms with van der Waals surface area (Å²) in [6.07, 6.45) is 5.04. The van der Waals surface area contributed by atoms with Crippen molar-refractivity contribution in [2.24, 2.45) is 0 Å². The minimum Gasteiger partial charge on any atom is -0.312 e. The molecule has 1 amide bonds. The first kappa shape index (κ1) is 12.4. The van der Waals surface area contributed by atoms with E-state index in [1.807, 2.05) is 29.3 Å². The van der Waals surface area contributed by atoms with E-state index in [0.29, 0.717) is 13.0 Å². The van der Waals surface area contributed by atoms with Crippen molar-refractivity contribution in [2.45, 2.75) is 19.4 Å². The molecule has 98 valence electrons. The van der Waals surface area contributed by atoms with Gasteiger partial charge in [0.05, 0.1) is 10.7 Å². The summed E-state index contributed by atoms with van der Waals surface area (Å²) in [4.78, 5) is 14.1. The summed E-state index contributed by atoms with van der Waals surface area (Å²) >= 11 is 3.35. The first-order valence-electron chi connectivity index (χ1n) is 6.30. The number of aromatic nitrogens is 2. The fourth-order valence-corrected chi connectivity index (χ4v) is 2.73. The maximum Gasteiger partial charge on any atom is 0.228 e. The summed E-state index contributed by atoms with van der Waals surface area (Å²) in [6.45, 7) is 1.41. The lowest BCUT2D eigenvalue weighted by molar-refractivity contribution is -0.118. The quantitative estimate of drug-likeness (QED) is 0.872. The fraction of sp³-hybridized carbons (Fsp3) is 0.286. The van der Waals surface area contributed by atoms with Crippen molar-refractivity contribution in [1.29, 1.82) is 0 Å². The van der Waals surface area contributed by atoms with Gasteiger partial charge in [-0.25, -0.2) is 0 Å². The highest BCUT2D eigenvalue weighted by Gasteiger charge is 2.23. The van der Waals surface area contributed by atoms with Gasteiger partial charge in [-0.2, -0.15) is 5.10 Å². The zero-order valence-corrected chi connectivity index (χ0v) is 12.0. The van der Waals surface area contributed by atoms with Crippen molar-refractivity contribution in [3.05, 3.63) is 46.7 Å². The molecular weight excluding hydrogens is 306 g/mol. The Labute approximate surface area is 120 Å². The SMILES string of the molecule is O=C(CCn1cc(Br)cn1)N1CCc2ccccc21. The number of fused-ring (bicyclic) bond motifs is 1. The summed E-state index contributed by atoms with van der Waals surface area (Å²) in [5.41, 5.74) is 2.33. The number of benzene rings is 1. The summed E-state index contributed by atoms with van der Waals surface area (Å²) in [6, 6.07) is 8.11. The lowest BCUT2D eigenvalue weighted by Gasteiger charge is -2.17. The smallest absolute Gasteiger partial charge is 0.228 e. The molecule has 3 rings (SSSR count). The second kappa shape index (κ2) is 5.17. The zero-order valence-electron chi connectivity index (χ0n) is 10.4. The summed E-state index contributed by atoms with van der Waals surface area (Å²) in [5.74, 6) is 0.163. The molecule has 19 heavy (non-hydrogen) atoms. The third-order valence-corrected chi connectivity index (χ3v) is 3.75. The van der Waals surface area contributed by atoms with Gasteiger partial charge in [-0.15, -0.1) is 0 Å². The molecule has 0 saturated heterocycles. The van der Waals surface area contributed by atoms with E-state index < -0.39 is 0 Å². The van der Waals surface area contributed by atoms with Crippen molar-refractivity contribution >= 4 is 27.5 Å². The van der Waals surface area contributed by atoms with Gasteiger partial charge in [-0.05, 0) is 34.0 Å². The molecule has 2 heterocycles. The van der Waals surface area contributed by atoms with Gasteiger partial charge in [0.25, 0.3) is 0 Å². The maximum absolute atomic E-state index is 12.3. The van der Waals surface area contributed by atoms with Crippen LogP contribution in [-0.4, -0.2) is 22.2 Å². The molecule has 1 aliphatic heterocycles. The van der Waals surface area contributed by atoms with Gasteiger partial charge in [0.2, 0.25) is 5.91 Å². The normalized spacial score (nSPS) is 13.6. The van der Waals surface area contributed by atoms with Crippen LogP contribution in [0.5, 0.6) is 0 Å². The number of anilines is 1. The second-order valence-electron chi connectivity index (χ2n) is 4.60. The van der Waals surface area contributed by atoms with Crippen molar-refractivity contribution < 1.29 is 4.79 Å². The molecule has 0 radical (unpaired) electrons. The van der Waals surface area contributed by atoms with Gasteiger partial charge >= 0.3 is 0 Å². The van der Waals surface area contributed by atoms with E-state index in [0.717, 1.165) is 23.1 Å². The van der Waals surface area contributed by atoms with E-state index >= 15 is 0 Å². The first-order chi connectivity index (χ1) is 9.24. The van der Waals surface area contributed by atoms with Crippen LogP contribution in [0.4, 0.5) is 5.69 Å². The Balaban J connectivity index is 1.66. The van der Waals surface area contributed by atoms with Crippen LogP contribution in [-0.2, 0) is 17.8 Å². The van der Waals surface area contributed by atoms with Gasteiger partial charge in [-0.1, -0.05) is 18.2 Å². The Bertz CT molecular complexity index is 608. The molecule has 2 aromatic rings. The van der Waals surface area contributed by atoms with E-state index in [9.17, 15) is 4.79 Å². The molecule has 0 bridgehead atoms. The Morgan fingerprint density at radius 1 is 1.37 bits per heavy atom. The number of halogens is 1. The van der Waals surface area contributed by atoms with Crippen LogP contribution in [0.1, 0.15) is 12.0 Å². The number of carbonyl (C=O) groups is 1. The lowest BCUT2D eigenvalue weighted by Crippen LogP contribution is -2.29. The predicted molar refractivity (Wildman–Crippen MR) is 77.0 cm³/mol. The molecule has 4 nitrogen and oxygen atoms in total. The highest BCUT2D eigenvalue weighted by Crippen LogP contribution is 2.27. The van der Waals surface area contributed by atoms with E-state index in [-0.39, 0.29) is 5.91 Å². The van der Waals surface area contributed by atoms with Crippen molar-refractivity contribution in [3.63, 3.8) is 0 Å². The Morgan fingerprint density at radius 3 is 3.00 bits per heavy atom. The zero-order chi connectivity index (χ0) is 13.2. The van der Waals surface area contributed by atoms with E-state index in [2.05, 4.69) is 27.1 Å². The minimum absolute atomic E-state index is 0.163. The number of rotatable bonds is 3. The molecule has 1 aromatic carbocycles. The van der Waals surface area contributed by atoms with E-state index in [1.165, 1.54) is 5.56 Å². The molecule has 0 aliphatic carbocycles. The monoisotopic (exact) mass is 319 g/mol. The summed E-state index contributed by atoms with van der Waals surface area (Å²) in [7, 11) is 0. The second-order valence-corrected chi connectivity index (χ2v) is 5.51. The van der Waals surface area contributed by atoms with Gasteiger partial charge in [0.15, 0.2) is 0 Å². The van der Waals surface area contributed by atoms with Crippen LogP contribution < -0.4 is 4.90 Å². The van der Waals surface area contributed by atoms with E-state index in [4.69, 9.17) is 0 Å². The highest BCUT2D eigenvalue weighted by atomic mass is 79.9. The number of aryl methyl sites for hydroxylation is 1. The van der Waals surface area contributed by atoms with Gasteiger partial charge in [0.1, 0.15) is 0 Å². The number of carbonyl (C=O) groups excluding carboxylic acids is 1. The predicted octanol–water partition coefficient (Wildman–Crippen LogP) is 2.63. The van der Waals surface area contributed by atoms with Gasteiger partial charge in [-0.3, -0.25) is 9.48 Å². The molecule has 0 N–H and O–H groups in total. The Morgan fingerprint density at radius 2 is 2.21 bits per heavy atom. The summed E-state index contributed by atoms with van der Waals surface area (Å²) in [5, 5.41) is 4.16. The molecule has 1 aromatic heterocycles. The van der Waals surface area contributed by atoms with E-state index in [1.54, 1.807) is 10.9 Å². The first-order valence-corrected chi connectivity index (χ1v) is 7.09. The molecule has 0 atom stereocenters. The number of nitrogens with zero attached hydrogens (tertiary/aromatic N) is 3. The topological polar surface area (TPSA) is 38.1 Å². The number of hydrogen-bond donors (Lipinski definition) is 0. The fourth-order valence-electron chi connectivity index (χ4n) is 2.40. The third kappa shape index (κ3) is 2.56. The molecular formula is C14H14BrN3O. The molecule has 0 spiro atoms. The Hall–Kier alpha value is -1.62. The number of amides is 1. The average molecular weight is 320 g/mol. The molecule has 0 unspecified atom stereocenters.